The molecule has 0 bridgehead atoms. The largest absolute Gasteiger partial charge is 0.324 e. The molecule has 0 radical (unpaired) electrons. The van der Waals surface area contributed by atoms with E-state index in [1.54, 1.807) is 12.1 Å². The molecule has 0 aliphatic heterocycles. The van der Waals surface area contributed by atoms with E-state index < -0.39 is 13.2 Å². The van der Waals surface area contributed by atoms with Crippen molar-refractivity contribution < 1.29 is 9.09 Å². The van der Waals surface area contributed by atoms with Crippen LogP contribution in [0.25, 0.3) is 0 Å². The van der Waals surface area contributed by atoms with Crippen LogP contribution in [0.4, 0.5) is 0 Å². The number of hydrogen-bond donors (Lipinski definition) is 1. The van der Waals surface area contributed by atoms with Crippen molar-refractivity contribution in [2.45, 2.75) is 12.7 Å². The number of nitrogens with two attached hydrogens (primary N) is 1. The minimum absolute atomic E-state index is 0.368. The van der Waals surface area contributed by atoms with Crippen LogP contribution in [-0.4, -0.2) is 6.61 Å². The van der Waals surface area contributed by atoms with Crippen LogP contribution in [0.5, 0.6) is 0 Å². The molecule has 2 aromatic rings. The number of rotatable bonds is 5. The first-order valence-corrected chi connectivity index (χ1v) is 7.98. The topological polar surface area (TPSA) is 52.3 Å². The summed E-state index contributed by atoms with van der Waals surface area (Å²) in [6, 6.07) is 18.6. The zero-order valence-corrected chi connectivity index (χ0v) is 11.8. The predicted molar refractivity (Wildman–Crippen MR) is 78.7 cm³/mol. The first-order valence-electron chi connectivity index (χ1n) is 6.29. The molecule has 0 saturated carbocycles. The second-order valence-corrected chi connectivity index (χ2v) is 6.73. The molecule has 3 nitrogen and oxygen atoms in total. The molecule has 2 N–H and O–H groups in total. The predicted octanol–water partition coefficient (Wildman–Crippen LogP) is 3.28. The van der Waals surface area contributed by atoms with Crippen molar-refractivity contribution in [1.82, 2.24) is 0 Å². The van der Waals surface area contributed by atoms with E-state index in [-0.39, 0.29) is 0 Å². The Morgan fingerprint density at radius 2 is 1.58 bits per heavy atom. The van der Waals surface area contributed by atoms with E-state index in [1.807, 2.05) is 55.5 Å². The summed E-state index contributed by atoms with van der Waals surface area (Å²) in [5, 5.41) is 0.660. The highest BCUT2D eigenvalue weighted by atomic mass is 31.2. The van der Waals surface area contributed by atoms with Crippen molar-refractivity contribution in [3.63, 3.8) is 0 Å². The lowest BCUT2D eigenvalue weighted by molar-refractivity contribution is 0.334. The van der Waals surface area contributed by atoms with Gasteiger partial charge in [0.25, 0.3) is 7.37 Å². The third-order valence-electron chi connectivity index (χ3n) is 2.94. The maximum Gasteiger partial charge on any atom is 0.252 e. The van der Waals surface area contributed by atoms with Crippen molar-refractivity contribution >= 4 is 12.7 Å². The van der Waals surface area contributed by atoms with Crippen LogP contribution in [0.3, 0.4) is 0 Å². The van der Waals surface area contributed by atoms with Gasteiger partial charge in [0.05, 0.1) is 6.61 Å². The fraction of sp³-hybridized carbons (Fsp3) is 0.200. The molecule has 2 unspecified atom stereocenters. The Balaban J connectivity index is 2.43. The first-order chi connectivity index (χ1) is 9.18. The summed E-state index contributed by atoms with van der Waals surface area (Å²) >= 11 is 0. The van der Waals surface area contributed by atoms with Gasteiger partial charge in [0.2, 0.25) is 0 Å². The first kappa shape index (κ1) is 14.0. The summed E-state index contributed by atoms with van der Waals surface area (Å²) in [5.74, 6) is -0.643. The van der Waals surface area contributed by atoms with Crippen LogP contribution >= 0.6 is 7.37 Å². The second-order valence-electron chi connectivity index (χ2n) is 4.21. The van der Waals surface area contributed by atoms with Gasteiger partial charge in [-0.05, 0) is 24.6 Å². The minimum Gasteiger partial charge on any atom is -0.324 e. The zero-order valence-electron chi connectivity index (χ0n) is 10.9. The smallest absolute Gasteiger partial charge is 0.252 e. The maximum atomic E-state index is 13.2. The Hall–Kier alpha value is -1.41. The van der Waals surface area contributed by atoms with Crippen LogP contribution in [0, 0.1) is 0 Å². The van der Waals surface area contributed by atoms with Gasteiger partial charge in [-0.2, -0.15) is 0 Å². The molecular weight excluding hydrogens is 257 g/mol. The van der Waals surface area contributed by atoms with E-state index in [0.29, 0.717) is 11.9 Å². The van der Waals surface area contributed by atoms with E-state index in [2.05, 4.69) is 0 Å². The quantitative estimate of drug-likeness (QED) is 0.852. The Labute approximate surface area is 113 Å². The number of hydrogen-bond acceptors (Lipinski definition) is 3. The molecule has 0 fully saturated rings. The summed E-state index contributed by atoms with van der Waals surface area (Å²) in [5.41, 5.74) is 7.03. The molecule has 2 atom stereocenters. The van der Waals surface area contributed by atoms with Crippen molar-refractivity contribution in [2.24, 2.45) is 5.73 Å². The summed E-state index contributed by atoms with van der Waals surface area (Å²) in [4.78, 5) is 0. The lowest BCUT2D eigenvalue weighted by atomic mass is 10.2. The Bertz CT molecular complexity index is 557. The molecule has 4 heteroatoms. The Morgan fingerprint density at radius 3 is 2.11 bits per heavy atom. The van der Waals surface area contributed by atoms with Crippen molar-refractivity contribution in [3.8, 4) is 0 Å². The maximum absolute atomic E-state index is 13.2. The third-order valence-corrected chi connectivity index (χ3v) is 5.63. The molecule has 0 heterocycles. The van der Waals surface area contributed by atoms with Crippen LogP contribution in [-0.2, 0) is 9.09 Å². The molecular formula is C15H18NO2P. The van der Waals surface area contributed by atoms with Gasteiger partial charge in [0.15, 0.2) is 0 Å². The normalized spacial score (nSPS) is 15.7. The van der Waals surface area contributed by atoms with Gasteiger partial charge < -0.3 is 10.3 Å². The Kier molecular flexibility index (Phi) is 4.54. The highest BCUT2D eigenvalue weighted by molar-refractivity contribution is 7.67. The third kappa shape index (κ3) is 2.95. The zero-order chi connectivity index (χ0) is 13.7. The van der Waals surface area contributed by atoms with Crippen molar-refractivity contribution in [2.75, 3.05) is 6.61 Å². The van der Waals surface area contributed by atoms with Crippen LogP contribution in [0.2, 0.25) is 0 Å². The standard InChI is InChI=1S/C15H18NO2P/c1-2-18-19(17,14-11-7-4-8-12-14)15(16)13-9-5-3-6-10-13/h3-12,15H,2,16H2,1H3. The fourth-order valence-electron chi connectivity index (χ4n) is 1.99. The SMILES string of the molecule is CCOP(=O)(c1ccccc1)C(N)c1ccccc1. The average molecular weight is 275 g/mol. The molecule has 0 amide bonds. The van der Waals surface area contributed by atoms with Crippen LogP contribution in [0.1, 0.15) is 18.3 Å². The van der Waals surface area contributed by atoms with Crippen molar-refractivity contribution in [1.29, 1.82) is 0 Å². The lowest BCUT2D eigenvalue weighted by Gasteiger charge is -2.24. The lowest BCUT2D eigenvalue weighted by Crippen LogP contribution is -2.20. The molecule has 0 aromatic heterocycles. The second kappa shape index (κ2) is 6.16. The van der Waals surface area contributed by atoms with Crippen LogP contribution in [0.15, 0.2) is 60.7 Å². The van der Waals surface area contributed by atoms with Crippen molar-refractivity contribution in [3.05, 3.63) is 66.2 Å². The minimum atomic E-state index is -3.11. The van der Waals surface area contributed by atoms with Gasteiger partial charge in [-0.15, -0.1) is 0 Å². The number of benzene rings is 2. The average Bonchev–Trinajstić information content (AvgIpc) is 2.48. The van der Waals surface area contributed by atoms with Gasteiger partial charge in [-0.25, -0.2) is 0 Å². The van der Waals surface area contributed by atoms with E-state index >= 15 is 0 Å². The molecule has 2 aromatic carbocycles. The molecule has 0 saturated heterocycles. The van der Waals surface area contributed by atoms with Gasteiger partial charge in [0.1, 0.15) is 5.78 Å². The van der Waals surface area contributed by atoms with E-state index in [4.69, 9.17) is 10.3 Å². The molecule has 0 aliphatic carbocycles. The molecule has 0 aliphatic rings. The van der Waals surface area contributed by atoms with Gasteiger partial charge >= 0.3 is 0 Å². The summed E-state index contributed by atoms with van der Waals surface area (Å²) < 4.78 is 18.7. The van der Waals surface area contributed by atoms with Gasteiger partial charge in [-0.1, -0.05) is 48.5 Å². The van der Waals surface area contributed by atoms with E-state index in [0.717, 1.165) is 5.56 Å². The molecule has 100 valence electrons. The van der Waals surface area contributed by atoms with Gasteiger partial charge in [-0.3, -0.25) is 4.57 Å². The summed E-state index contributed by atoms with van der Waals surface area (Å²) in [7, 11) is -3.11. The molecule has 19 heavy (non-hydrogen) atoms. The van der Waals surface area contributed by atoms with E-state index in [1.165, 1.54) is 0 Å². The van der Waals surface area contributed by atoms with E-state index in [9.17, 15) is 4.57 Å². The van der Waals surface area contributed by atoms with Gasteiger partial charge in [0, 0.05) is 5.30 Å². The monoisotopic (exact) mass is 275 g/mol. The highest BCUT2D eigenvalue weighted by Gasteiger charge is 2.34. The highest BCUT2D eigenvalue weighted by Crippen LogP contribution is 2.56. The fourth-order valence-corrected chi connectivity index (χ4v) is 4.16. The summed E-state index contributed by atoms with van der Waals surface area (Å²) in [6.45, 7) is 2.19. The van der Waals surface area contributed by atoms with Crippen LogP contribution < -0.4 is 11.0 Å². The molecule has 0 spiro atoms. The Morgan fingerprint density at radius 1 is 1.05 bits per heavy atom. The molecule has 2 rings (SSSR count). The summed E-state index contributed by atoms with van der Waals surface area (Å²) in [6.07, 6.45) is 0.